The lowest BCUT2D eigenvalue weighted by atomic mass is 9.94. The summed E-state index contributed by atoms with van der Waals surface area (Å²) >= 11 is 0. The van der Waals surface area contributed by atoms with Gasteiger partial charge in [0.15, 0.2) is 0 Å². The molecular formula is C23H31NO6. The quantitative estimate of drug-likeness (QED) is 0.491. The van der Waals surface area contributed by atoms with E-state index in [0.717, 1.165) is 41.7 Å². The van der Waals surface area contributed by atoms with Crippen molar-refractivity contribution < 1.29 is 28.5 Å². The second-order valence-corrected chi connectivity index (χ2v) is 7.79. The average molecular weight is 418 g/mol. The Hall–Kier alpha value is -2.54. The summed E-state index contributed by atoms with van der Waals surface area (Å²) in [7, 11) is 3.17. The van der Waals surface area contributed by atoms with E-state index in [9.17, 15) is 9.59 Å². The highest BCUT2D eigenvalue weighted by atomic mass is 16.5. The van der Waals surface area contributed by atoms with E-state index in [-0.39, 0.29) is 24.6 Å². The number of carbonyl (C=O) groups is 2. The topological polar surface area (TPSA) is 83.1 Å². The minimum atomic E-state index is -0.363. The first-order valence-electron chi connectivity index (χ1n) is 10.4. The fraction of sp³-hybridized carbons (Fsp3) is 0.565. The first-order chi connectivity index (χ1) is 14.5. The van der Waals surface area contributed by atoms with Crippen LogP contribution in [0.2, 0.25) is 0 Å². The van der Waals surface area contributed by atoms with Gasteiger partial charge in [0, 0.05) is 30.7 Å². The van der Waals surface area contributed by atoms with Crippen LogP contribution in [0.25, 0.3) is 0 Å². The molecule has 0 spiro atoms. The van der Waals surface area contributed by atoms with Gasteiger partial charge in [-0.2, -0.15) is 0 Å². The van der Waals surface area contributed by atoms with Gasteiger partial charge in [-0.3, -0.25) is 4.79 Å². The molecule has 1 atom stereocenters. The van der Waals surface area contributed by atoms with Crippen molar-refractivity contribution >= 4 is 11.9 Å². The Morgan fingerprint density at radius 1 is 1.23 bits per heavy atom. The summed E-state index contributed by atoms with van der Waals surface area (Å²) in [6, 6.07) is 0. The number of methoxy groups -OCH3 is 2. The molecule has 2 aliphatic heterocycles. The summed E-state index contributed by atoms with van der Waals surface area (Å²) < 4.78 is 22.0. The van der Waals surface area contributed by atoms with Gasteiger partial charge in [0.2, 0.25) is 5.91 Å². The zero-order valence-corrected chi connectivity index (χ0v) is 18.3. The Morgan fingerprint density at radius 3 is 2.67 bits per heavy atom. The molecule has 1 amide bonds. The van der Waals surface area contributed by atoms with Crippen LogP contribution in [0.4, 0.5) is 0 Å². The van der Waals surface area contributed by atoms with Crippen LogP contribution in [-0.4, -0.2) is 45.4 Å². The number of ether oxygens (including phenoxy) is 4. The van der Waals surface area contributed by atoms with Gasteiger partial charge in [0.25, 0.3) is 0 Å². The molecule has 2 aliphatic rings. The van der Waals surface area contributed by atoms with Crippen LogP contribution in [0.15, 0.2) is 11.6 Å². The second kappa shape index (κ2) is 9.98. The predicted molar refractivity (Wildman–Crippen MR) is 112 cm³/mol. The molecular weight excluding hydrogens is 386 g/mol. The highest BCUT2D eigenvalue weighted by Crippen LogP contribution is 2.42. The van der Waals surface area contributed by atoms with Crippen LogP contribution in [0.5, 0.6) is 11.5 Å². The number of hydrogen-bond acceptors (Lipinski definition) is 6. The molecule has 7 heteroatoms. The molecule has 1 fully saturated rings. The summed E-state index contributed by atoms with van der Waals surface area (Å²) in [4.78, 5) is 24.3. The zero-order chi connectivity index (χ0) is 21.7. The zero-order valence-electron chi connectivity index (χ0n) is 18.3. The number of hydrogen-bond donors (Lipinski definition) is 1. The summed E-state index contributed by atoms with van der Waals surface area (Å²) in [6.45, 7) is 5.54. The normalized spacial score (nSPS) is 18.2. The number of carbonyl (C=O) groups excluding carboxylic acids is 2. The Labute approximate surface area is 177 Å². The van der Waals surface area contributed by atoms with Crippen molar-refractivity contribution in [1.82, 2.24) is 5.32 Å². The van der Waals surface area contributed by atoms with Gasteiger partial charge in [-0.15, -0.1) is 0 Å². The van der Waals surface area contributed by atoms with E-state index in [4.69, 9.17) is 18.9 Å². The van der Waals surface area contributed by atoms with Gasteiger partial charge < -0.3 is 24.3 Å². The molecule has 0 aliphatic carbocycles. The molecule has 1 N–H and O–H groups in total. The molecule has 0 aromatic heterocycles. The fourth-order valence-corrected chi connectivity index (χ4v) is 4.05. The van der Waals surface area contributed by atoms with Crippen LogP contribution in [0, 0.1) is 6.92 Å². The summed E-state index contributed by atoms with van der Waals surface area (Å²) in [5.74, 6) is 0.887. The smallest absolute Gasteiger partial charge is 0.342 e. The lowest BCUT2D eigenvalue weighted by Gasteiger charge is -2.18. The molecule has 0 bridgehead atoms. The minimum Gasteiger partial charge on any atom is -0.496 e. The lowest BCUT2D eigenvalue weighted by Crippen LogP contribution is -2.31. The van der Waals surface area contributed by atoms with E-state index in [0.29, 0.717) is 42.9 Å². The Kier molecular flexibility index (Phi) is 7.37. The molecule has 1 aromatic rings. The number of rotatable bonds is 9. The summed E-state index contributed by atoms with van der Waals surface area (Å²) in [5.41, 5.74) is 4.12. The van der Waals surface area contributed by atoms with E-state index in [1.807, 2.05) is 13.8 Å². The van der Waals surface area contributed by atoms with Gasteiger partial charge in [0.1, 0.15) is 23.7 Å². The highest BCUT2D eigenvalue weighted by molar-refractivity contribution is 5.98. The fourth-order valence-electron chi connectivity index (χ4n) is 4.05. The van der Waals surface area contributed by atoms with Crippen LogP contribution >= 0.6 is 0 Å². The largest absolute Gasteiger partial charge is 0.496 e. The standard InChI is InChI=1S/C23H31NO6/c1-14(8-10-19(25)24-12-16-6-5-11-29-16)7-9-17-21(27-3)15(2)18-13-30-23(26)20(18)22(17)28-4/h7,16H,5-6,8-13H2,1-4H3,(H,24,25)/t16-/m0/s1. The first kappa shape index (κ1) is 22.2. The number of fused-ring (bicyclic) bond motifs is 1. The van der Waals surface area contributed by atoms with E-state index in [1.165, 1.54) is 0 Å². The number of amides is 1. The maximum Gasteiger partial charge on any atom is 0.342 e. The van der Waals surface area contributed by atoms with Crippen LogP contribution in [0.1, 0.15) is 59.7 Å². The van der Waals surface area contributed by atoms with Crippen molar-refractivity contribution in [1.29, 1.82) is 0 Å². The van der Waals surface area contributed by atoms with Crippen LogP contribution in [0.3, 0.4) is 0 Å². The Balaban J connectivity index is 1.65. The molecule has 164 valence electrons. The molecule has 0 unspecified atom stereocenters. The third kappa shape index (κ3) is 4.78. The van der Waals surface area contributed by atoms with Crippen molar-refractivity contribution in [2.45, 2.75) is 58.7 Å². The molecule has 1 saturated heterocycles. The number of allylic oxidation sites excluding steroid dienone is 2. The monoisotopic (exact) mass is 417 g/mol. The average Bonchev–Trinajstić information content (AvgIpc) is 3.39. The van der Waals surface area contributed by atoms with Gasteiger partial charge >= 0.3 is 5.97 Å². The van der Waals surface area contributed by atoms with Crippen LogP contribution in [-0.2, 0) is 27.3 Å². The van der Waals surface area contributed by atoms with E-state index in [1.54, 1.807) is 14.2 Å². The lowest BCUT2D eigenvalue weighted by molar-refractivity contribution is -0.121. The van der Waals surface area contributed by atoms with Crippen molar-refractivity contribution in [2.24, 2.45) is 0 Å². The number of benzene rings is 1. The van der Waals surface area contributed by atoms with Crippen molar-refractivity contribution in [3.63, 3.8) is 0 Å². The van der Waals surface area contributed by atoms with Gasteiger partial charge in [0.05, 0.1) is 20.3 Å². The minimum absolute atomic E-state index is 0.0320. The summed E-state index contributed by atoms with van der Waals surface area (Å²) in [6.07, 6.45) is 5.91. The van der Waals surface area contributed by atoms with Crippen LogP contribution < -0.4 is 14.8 Å². The Bertz CT molecular complexity index is 839. The first-order valence-corrected chi connectivity index (χ1v) is 10.4. The Morgan fingerprint density at radius 2 is 2.00 bits per heavy atom. The highest BCUT2D eigenvalue weighted by Gasteiger charge is 2.32. The SMILES string of the molecule is COc1c(C)c2c(c(OC)c1CC=C(C)CCC(=O)NC[C@@H]1CCCO1)C(=O)OC2. The molecule has 2 heterocycles. The van der Waals surface area contributed by atoms with Crippen molar-refractivity contribution in [2.75, 3.05) is 27.4 Å². The van der Waals surface area contributed by atoms with Gasteiger partial charge in [-0.05, 0) is 45.1 Å². The molecule has 30 heavy (non-hydrogen) atoms. The van der Waals surface area contributed by atoms with E-state index < -0.39 is 0 Å². The molecule has 0 radical (unpaired) electrons. The number of cyclic esters (lactones) is 1. The second-order valence-electron chi connectivity index (χ2n) is 7.79. The molecule has 7 nitrogen and oxygen atoms in total. The predicted octanol–water partition coefficient (Wildman–Crippen LogP) is 3.25. The van der Waals surface area contributed by atoms with Crippen molar-refractivity contribution in [3.05, 3.63) is 33.9 Å². The van der Waals surface area contributed by atoms with Gasteiger partial charge in [-0.25, -0.2) is 4.79 Å². The third-order valence-corrected chi connectivity index (χ3v) is 5.78. The maximum absolute atomic E-state index is 12.2. The van der Waals surface area contributed by atoms with E-state index in [2.05, 4.69) is 11.4 Å². The van der Waals surface area contributed by atoms with Crippen molar-refractivity contribution in [3.8, 4) is 11.5 Å². The van der Waals surface area contributed by atoms with E-state index >= 15 is 0 Å². The third-order valence-electron chi connectivity index (χ3n) is 5.78. The molecule has 0 saturated carbocycles. The number of esters is 1. The summed E-state index contributed by atoms with van der Waals surface area (Å²) in [5, 5.41) is 2.95. The number of nitrogens with one attached hydrogen (secondary N) is 1. The van der Waals surface area contributed by atoms with Gasteiger partial charge in [-0.1, -0.05) is 11.6 Å². The maximum atomic E-state index is 12.2. The molecule has 1 aromatic carbocycles. The molecule has 3 rings (SSSR count).